The normalized spacial score (nSPS) is 17.7. The molecule has 1 aliphatic heterocycles. The molecule has 10 nitrogen and oxygen atoms in total. The molecule has 206 valence electrons. The molecule has 2 atom stereocenters. The van der Waals surface area contributed by atoms with E-state index >= 15 is 0 Å². The smallest absolute Gasteiger partial charge is 0.407 e. The summed E-state index contributed by atoms with van der Waals surface area (Å²) < 4.78 is 18.4. The van der Waals surface area contributed by atoms with Crippen molar-refractivity contribution in [2.75, 3.05) is 31.9 Å². The molecule has 5 rings (SSSR count). The summed E-state index contributed by atoms with van der Waals surface area (Å²) >= 11 is 0. The predicted octanol–water partition coefficient (Wildman–Crippen LogP) is 4.82. The van der Waals surface area contributed by atoms with Crippen molar-refractivity contribution in [2.24, 2.45) is 13.0 Å². The van der Waals surface area contributed by atoms with E-state index in [1.807, 2.05) is 65.3 Å². The number of hydrogen-bond donors (Lipinski definition) is 1. The lowest BCUT2D eigenvalue weighted by molar-refractivity contribution is 0.0498. The Morgan fingerprint density at radius 2 is 1.97 bits per heavy atom. The molecule has 0 radical (unpaired) electrons. The largest absolute Gasteiger partial charge is 0.466 e. The average molecular weight is 533 g/mol. The third-order valence-corrected chi connectivity index (χ3v) is 6.90. The Morgan fingerprint density at radius 3 is 2.72 bits per heavy atom. The minimum atomic E-state index is -0.529. The topological polar surface area (TPSA) is 104 Å². The molecule has 0 unspecified atom stereocenters. The van der Waals surface area contributed by atoms with Gasteiger partial charge < -0.3 is 24.4 Å². The zero-order valence-corrected chi connectivity index (χ0v) is 23.6. The fraction of sp³-hybridized carbons (Fsp3) is 0.448. The van der Waals surface area contributed by atoms with Crippen LogP contribution in [0.2, 0.25) is 0 Å². The maximum atomic E-state index is 12.3. The second-order valence-corrected chi connectivity index (χ2v) is 11.2. The molecule has 10 heteroatoms. The van der Waals surface area contributed by atoms with Crippen LogP contribution in [0.25, 0.3) is 33.2 Å². The van der Waals surface area contributed by atoms with Gasteiger partial charge in [-0.05, 0) is 57.9 Å². The minimum absolute atomic E-state index is 0.00722. The van der Waals surface area contributed by atoms with Crippen LogP contribution in [0.1, 0.15) is 33.3 Å². The summed E-state index contributed by atoms with van der Waals surface area (Å²) in [6.07, 6.45) is 3.45. The number of anilines is 1. The number of amides is 1. The van der Waals surface area contributed by atoms with Crippen molar-refractivity contribution in [3.8, 4) is 17.0 Å². The lowest BCUT2D eigenvalue weighted by Crippen LogP contribution is -2.42. The van der Waals surface area contributed by atoms with Crippen LogP contribution in [0.3, 0.4) is 0 Å². The van der Waals surface area contributed by atoms with Gasteiger partial charge in [0.1, 0.15) is 11.4 Å². The Hall–Kier alpha value is -3.92. The first-order chi connectivity index (χ1) is 18.5. The number of nitrogens with zero attached hydrogens (tertiary/aromatic N) is 5. The van der Waals surface area contributed by atoms with E-state index < -0.39 is 5.60 Å². The van der Waals surface area contributed by atoms with Crippen LogP contribution in [-0.2, 0) is 16.5 Å². The maximum Gasteiger partial charge on any atom is 0.407 e. The fourth-order valence-electron chi connectivity index (χ4n) is 5.08. The highest BCUT2D eigenvalue weighted by molar-refractivity contribution is 5.92. The molecule has 1 aromatic carbocycles. The van der Waals surface area contributed by atoms with Crippen LogP contribution in [0.15, 0.2) is 36.7 Å². The molecule has 1 fully saturated rings. The van der Waals surface area contributed by atoms with Gasteiger partial charge in [0.2, 0.25) is 0 Å². The van der Waals surface area contributed by atoms with Gasteiger partial charge in [0.25, 0.3) is 0 Å². The molecule has 0 bridgehead atoms. The fourth-order valence-corrected chi connectivity index (χ4v) is 5.08. The Balaban J connectivity index is 1.41. The highest BCUT2D eigenvalue weighted by Crippen LogP contribution is 2.38. The van der Waals surface area contributed by atoms with E-state index in [4.69, 9.17) is 24.2 Å². The lowest BCUT2D eigenvalue weighted by Gasteiger charge is -2.23. The number of aromatic nitrogens is 4. The Labute approximate surface area is 228 Å². The van der Waals surface area contributed by atoms with Crippen LogP contribution >= 0.6 is 0 Å². The highest BCUT2D eigenvalue weighted by atomic mass is 16.7. The van der Waals surface area contributed by atoms with E-state index in [0.717, 1.165) is 45.3 Å². The predicted molar refractivity (Wildman–Crippen MR) is 151 cm³/mol. The number of benzene rings is 1. The van der Waals surface area contributed by atoms with Crippen LogP contribution < -0.4 is 15.0 Å². The number of carbonyl (C=O) groups excluding carboxylic acids is 1. The zero-order chi connectivity index (χ0) is 27.9. The van der Waals surface area contributed by atoms with Gasteiger partial charge in [-0.15, -0.1) is 0 Å². The number of alkyl carbamates (subject to hydrolysis) is 1. The molecule has 1 amide bonds. The molecule has 4 heterocycles. The summed E-state index contributed by atoms with van der Waals surface area (Å²) in [4.78, 5) is 24.1. The van der Waals surface area contributed by atoms with Gasteiger partial charge in [0, 0.05) is 55.3 Å². The van der Waals surface area contributed by atoms with Gasteiger partial charge in [-0.1, -0.05) is 6.92 Å². The number of ether oxygens (including phenoxy) is 3. The number of pyridine rings is 2. The second-order valence-electron chi connectivity index (χ2n) is 11.2. The minimum Gasteiger partial charge on any atom is -0.466 e. The Morgan fingerprint density at radius 1 is 1.18 bits per heavy atom. The molecule has 3 aromatic heterocycles. The van der Waals surface area contributed by atoms with Gasteiger partial charge >= 0.3 is 6.09 Å². The monoisotopic (exact) mass is 532 g/mol. The van der Waals surface area contributed by atoms with Crippen molar-refractivity contribution in [3.63, 3.8) is 0 Å². The van der Waals surface area contributed by atoms with Crippen molar-refractivity contribution >= 4 is 33.7 Å². The molecule has 1 aliphatic rings. The molecule has 0 aliphatic carbocycles. The first-order valence-electron chi connectivity index (χ1n) is 13.1. The van der Waals surface area contributed by atoms with Crippen molar-refractivity contribution in [2.45, 2.75) is 46.3 Å². The van der Waals surface area contributed by atoms with Crippen LogP contribution in [-0.4, -0.2) is 64.5 Å². The first-order valence-corrected chi connectivity index (χ1v) is 13.1. The number of carbonyl (C=O) groups is 1. The number of methoxy groups -OCH3 is 1. The zero-order valence-electron chi connectivity index (χ0n) is 23.6. The summed E-state index contributed by atoms with van der Waals surface area (Å²) in [7, 11) is 3.50. The van der Waals surface area contributed by atoms with Crippen molar-refractivity contribution in [3.05, 3.63) is 42.2 Å². The molecular formula is C29H36N6O4. The van der Waals surface area contributed by atoms with Gasteiger partial charge in [0.05, 0.1) is 29.1 Å². The summed E-state index contributed by atoms with van der Waals surface area (Å²) in [6, 6.07) is 8.16. The van der Waals surface area contributed by atoms with E-state index in [9.17, 15) is 4.79 Å². The van der Waals surface area contributed by atoms with E-state index in [1.165, 1.54) is 0 Å². The summed E-state index contributed by atoms with van der Waals surface area (Å²) in [6.45, 7) is 11.3. The van der Waals surface area contributed by atoms with Gasteiger partial charge in [0.15, 0.2) is 12.4 Å². The van der Waals surface area contributed by atoms with Crippen LogP contribution in [0.4, 0.5) is 10.5 Å². The number of rotatable bonds is 6. The number of nitrogens with one attached hydrogen (secondary N) is 1. The van der Waals surface area contributed by atoms with Gasteiger partial charge in [-0.3, -0.25) is 4.68 Å². The van der Waals surface area contributed by atoms with E-state index in [-0.39, 0.29) is 24.8 Å². The van der Waals surface area contributed by atoms with E-state index in [1.54, 1.807) is 11.8 Å². The summed E-state index contributed by atoms with van der Waals surface area (Å²) in [5, 5.41) is 9.56. The number of hydrogen-bond acceptors (Lipinski definition) is 8. The Kier molecular flexibility index (Phi) is 7.07. The molecular weight excluding hydrogens is 496 g/mol. The molecule has 1 N–H and O–H groups in total. The molecule has 39 heavy (non-hydrogen) atoms. The number of aryl methyl sites for hydroxylation is 2. The molecule has 0 saturated carbocycles. The van der Waals surface area contributed by atoms with E-state index in [2.05, 4.69) is 28.3 Å². The van der Waals surface area contributed by atoms with Crippen LogP contribution in [0, 0.1) is 12.8 Å². The summed E-state index contributed by atoms with van der Waals surface area (Å²) in [5.74, 6) is 0.964. The Bertz CT molecular complexity index is 1530. The SMILES string of the molecule is COCOc1c(-c2ccc3cc(N4C[C@H](C)[C@H](NC(=O)OC(C)(C)C)C4)cnc3n2)cc2cn(C)nc2c1C. The highest BCUT2D eigenvalue weighted by Gasteiger charge is 2.32. The average Bonchev–Trinajstić information content (AvgIpc) is 3.43. The molecule has 1 saturated heterocycles. The second kappa shape index (κ2) is 10.3. The quantitative estimate of drug-likeness (QED) is 0.353. The van der Waals surface area contributed by atoms with Crippen molar-refractivity contribution < 1.29 is 19.0 Å². The third-order valence-electron chi connectivity index (χ3n) is 6.90. The first kappa shape index (κ1) is 26.7. The van der Waals surface area contributed by atoms with E-state index in [0.29, 0.717) is 17.9 Å². The summed E-state index contributed by atoms with van der Waals surface area (Å²) in [5.41, 5.74) is 4.56. The lowest BCUT2D eigenvalue weighted by atomic mass is 10.0. The standard InChI is InChI=1S/C29H36N6O4/c1-17-13-35(15-24(17)32-28(36)39-29(3,4)5)21-10-19-8-9-23(31-27(19)30-12-21)22-11-20-14-34(6)33-25(20)18(2)26(22)38-16-37-7/h8-12,14,17,24H,13,15-16H2,1-7H3,(H,32,36)/t17-,24+/m0/s1. The van der Waals surface area contributed by atoms with Crippen molar-refractivity contribution in [1.29, 1.82) is 0 Å². The molecule has 0 spiro atoms. The maximum absolute atomic E-state index is 12.3. The van der Waals surface area contributed by atoms with Crippen LogP contribution in [0.5, 0.6) is 5.75 Å². The number of fused-ring (bicyclic) bond motifs is 2. The molecule has 4 aromatic rings. The van der Waals surface area contributed by atoms with Gasteiger partial charge in [-0.25, -0.2) is 14.8 Å². The third kappa shape index (κ3) is 5.61. The van der Waals surface area contributed by atoms with Crippen molar-refractivity contribution in [1.82, 2.24) is 25.1 Å². The van der Waals surface area contributed by atoms with Gasteiger partial charge in [-0.2, -0.15) is 5.10 Å².